The fourth-order valence-corrected chi connectivity index (χ4v) is 4.18. The summed E-state index contributed by atoms with van der Waals surface area (Å²) in [7, 11) is 0. The highest BCUT2D eigenvalue weighted by molar-refractivity contribution is 9.10. The van der Waals surface area contributed by atoms with E-state index >= 15 is 0 Å². The highest BCUT2D eigenvalue weighted by Crippen LogP contribution is 2.52. The molecule has 4 heteroatoms. The summed E-state index contributed by atoms with van der Waals surface area (Å²) in [5, 5.41) is 11.0. The second-order valence-corrected chi connectivity index (χ2v) is 7.05. The monoisotopic (exact) mass is 354 g/mol. The third-order valence-corrected chi connectivity index (χ3v) is 5.73. The van der Waals surface area contributed by atoms with Crippen LogP contribution in [0.5, 0.6) is 11.5 Å². The van der Waals surface area contributed by atoms with E-state index < -0.39 is 6.10 Å². The minimum absolute atomic E-state index is 0.0162. The van der Waals surface area contributed by atoms with Crippen molar-refractivity contribution in [3.63, 3.8) is 0 Å². The van der Waals surface area contributed by atoms with Crippen LogP contribution in [0.4, 0.5) is 0 Å². The molecule has 0 spiro atoms. The first kappa shape index (κ1) is 15.2. The van der Waals surface area contributed by atoms with Crippen molar-refractivity contribution in [2.75, 3.05) is 13.2 Å². The molecule has 1 unspecified atom stereocenters. The molecule has 0 amide bonds. The number of fused-ring (bicyclic) bond motifs is 1. The van der Waals surface area contributed by atoms with E-state index in [1.54, 1.807) is 0 Å². The highest BCUT2D eigenvalue weighted by atomic mass is 79.9. The Labute approximate surface area is 134 Å². The Morgan fingerprint density at radius 1 is 1.14 bits per heavy atom. The molecule has 2 aliphatic rings. The lowest BCUT2D eigenvalue weighted by Gasteiger charge is -2.34. The third kappa shape index (κ3) is 2.80. The van der Waals surface area contributed by atoms with Gasteiger partial charge >= 0.3 is 0 Å². The van der Waals surface area contributed by atoms with E-state index in [0.717, 1.165) is 47.2 Å². The van der Waals surface area contributed by atoms with E-state index in [-0.39, 0.29) is 5.41 Å². The summed E-state index contributed by atoms with van der Waals surface area (Å²) in [5.74, 6) is 1.53. The van der Waals surface area contributed by atoms with Crippen molar-refractivity contribution in [1.82, 2.24) is 0 Å². The number of halogens is 1. The van der Waals surface area contributed by atoms with E-state index in [9.17, 15) is 5.11 Å². The van der Waals surface area contributed by atoms with Crippen molar-refractivity contribution < 1.29 is 14.6 Å². The van der Waals surface area contributed by atoms with Crippen molar-refractivity contribution >= 4 is 15.9 Å². The van der Waals surface area contributed by atoms with Gasteiger partial charge in [0.25, 0.3) is 0 Å². The number of aliphatic hydroxyl groups is 1. The lowest BCUT2D eigenvalue weighted by atomic mass is 9.75. The van der Waals surface area contributed by atoms with Crippen LogP contribution in [-0.4, -0.2) is 18.3 Å². The number of aliphatic hydroxyl groups excluding tert-OH is 1. The second-order valence-electron chi connectivity index (χ2n) is 6.20. The SMILES string of the molecule is CCC1(C(O)c2cc3c(cc2Br)OCCCO3)CCCC1. The molecule has 1 atom stereocenters. The van der Waals surface area contributed by atoms with Crippen LogP contribution in [0, 0.1) is 5.41 Å². The quantitative estimate of drug-likeness (QED) is 0.860. The van der Waals surface area contributed by atoms with Crippen molar-refractivity contribution in [2.24, 2.45) is 5.41 Å². The zero-order chi connectivity index (χ0) is 14.9. The topological polar surface area (TPSA) is 38.7 Å². The molecule has 1 saturated carbocycles. The van der Waals surface area contributed by atoms with Crippen LogP contribution in [0.1, 0.15) is 57.1 Å². The Hall–Kier alpha value is -0.740. The van der Waals surface area contributed by atoms with Gasteiger partial charge in [0, 0.05) is 16.3 Å². The van der Waals surface area contributed by atoms with Gasteiger partial charge < -0.3 is 14.6 Å². The normalized spacial score (nSPS) is 21.9. The van der Waals surface area contributed by atoms with E-state index in [2.05, 4.69) is 22.9 Å². The summed E-state index contributed by atoms with van der Waals surface area (Å²) in [4.78, 5) is 0. The van der Waals surface area contributed by atoms with E-state index in [4.69, 9.17) is 9.47 Å². The number of rotatable bonds is 3. The summed E-state index contributed by atoms with van der Waals surface area (Å²) in [5.41, 5.74) is 0.950. The van der Waals surface area contributed by atoms with Gasteiger partial charge in [0.1, 0.15) is 0 Å². The Balaban J connectivity index is 1.96. The molecular weight excluding hydrogens is 332 g/mol. The fraction of sp³-hybridized carbons (Fsp3) is 0.647. The molecule has 1 N–H and O–H groups in total. The Bertz CT molecular complexity index is 509. The maximum atomic E-state index is 11.0. The molecule has 1 aromatic carbocycles. The van der Waals surface area contributed by atoms with Crippen LogP contribution in [0.15, 0.2) is 16.6 Å². The molecule has 0 saturated heterocycles. The average Bonchev–Trinajstić information content (AvgIpc) is 2.87. The van der Waals surface area contributed by atoms with Crippen LogP contribution in [0.2, 0.25) is 0 Å². The van der Waals surface area contributed by atoms with Gasteiger partial charge in [0.2, 0.25) is 0 Å². The van der Waals surface area contributed by atoms with Crippen LogP contribution in [0.25, 0.3) is 0 Å². The highest BCUT2D eigenvalue weighted by Gasteiger charge is 2.40. The molecule has 0 aromatic heterocycles. The molecule has 0 radical (unpaired) electrons. The molecule has 1 fully saturated rings. The van der Waals surface area contributed by atoms with Crippen molar-refractivity contribution in [1.29, 1.82) is 0 Å². The molecule has 3 nitrogen and oxygen atoms in total. The first-order valence-corrected chi connectivity index (χ1v) is 8.73. The Morgan fingerprint density at radius 3 is 2.38 bits per heavy atom. The van der Waals surface area contributed by atoms with Crippen molar-refractivity contribution in [3.8, 4) is 11.5 Å². The Morgan fingerprint density at radius 2 is 1.76 bits per heavy atom. The van der Waals surface area contributed by atoms with Gasteiger partial charge in [0.05, 0.1) is 19.3 Å². The maximum absolute atomic E-state index is 11.0. The van der Waals surface area contributed by atoms with E-state index in [1.807, 2.05) is 12.1 Å². The standard InChI is InChI=1S/C17H23BrO3/c1-2-17(6-3-4-7-17)16(19)12-10-14-15(11-13(12)18)21-9-5-8-20-14/h10-11,16,19H,2-9H2,1H3. The van der Waals surface area contributed by atoms with Gasteiger partial charge in [-0.2, -0.15) is 0 Å². The van der Waals surface area contributed by atoms with Gasteiger partial charge in [-0.05, 0) is 37.0 Å². The van der Waals surface area contributed by atoms with Crippen molar-refractivity contribution in [2.45, 2.75) is 51.6 Å². The predicted molar refractivity (Wildman–Crippen MR) is 85.9 cm³/mol. The minimum Gasteiger partial charge on any atom is -0.490 e. The van der Waals surface area contributed by atoms with Crippen LogP contribution < -0.4 is 9.47 Å². The lowest BCUT2D eigenvalue weighted by molar-refractivity contribution is 0.0230. The van der Waals surface area contributed by atoms with Gasteiger partial charge in [-0.15, -0.1) is 0 Å². The van der Waals surface area contributed by atoms with Crippen LogP contribution in [0.3, 0.4) is 0 Å². The molecule has 1 aliphatic carbocycles. The van der Waals surface area contributed by atoms with Gasteiger partial charge in [0.15, 0.2) is 11.5 Å². The average molecular weight is 355 g/mol. The van der Waals surface area contributed by atoms with Crippen LogP contribution >= 0.6 is 15.9 Å². The van der Waals surface area contributed by atoms with Gasteiger partial charge in [-0.25, -0.2) is 0 Å². The number of benzene rings is 1. The number of ether oxygens (including phenoxy) is 2. The largest absolute Gasteiger partial charge is 0.490 e. The summed E-state index contributed by atoms with van der Waals surface area (Å²) >= 11 is 3.61. The second kappa shape index (κ2) is 6.17. The summed E-state index contributed by atoms with van der Waals surface area (Å²) < 4.78 is 12.4. The molecule has 21 heavy (non-hydrogen) atoms. The minimum atomic E-state index is -0.448. The van der Waals surface area contributed by atoms with Crippen molar-refractivity contribution in [3.05, 3.63) is 22.2 Å². The van der Waals surface area contributed by atoms with Gasteiger partial charge in [-0.3, -0.25) is 0 Å². The predicted octanol–water partition coefficient (Wildman–Crippen LogP) is 4.61. The first-order chi connectivity index (χ1) is 10.2. The lowest BCUT2D eigenvalue weighted by Crippen LogP contribution is -2.25. The van der Waals surface area contributed by atoms with E-state index in [1.165, 1.54) is 12.8 Å². The molecule has 1 aromatic rings. The molecule has 1 aliphatic heterocycles. The zero-order valence-corrected chi connectivity index (χ0v) is 14.1. The summed E-state index contributed by atoms with van der Waals surface area (Å²) in [6, 6.07) is 3.91. The summed E-state index contributed by atoms with van der Waals surface area (Å²) in [6.45, 7) is 3.54. The summed E-state index contributed by atoms with van der Waals surface area (Å²) in [6.07, 6.45) is 6.09. The van der Waals surface area contributed by atoms with Crippen LogP contribution in [-0.2, 0) is 0 Å². The molecular formula is C17H23BrO3. The van der Waals surface area contributed by atoms with Gasteiger partial charge in [-0.1, -0.05) is 35.7 Å². The number of hydrogen-bond acceptors (Lipinski definition) is 3. The zero-order valence-electron chi connectivity index (χ0n) is 12.5. The molecule has 3 rings (SSSR count). The molecule has 1 heterocycles. The fourth-order valence-electron chi connectivity index (χ4n) is 3.64. The Kier molecular flexibility index (Phi) is 4.46. The maximum Gasteiger partial charge on any atom is 0.162 e. The third-order valence-electron chi connectivity index (χ3n) is 5.04. The number of hydrogen-bond donors (Lipinski definition) is 1. The van der Waals surface area contributed by atoms with E-state index in [0.29, 0.717) is 13.2 Å². The smallest absolute Gasteiger partial charge is 0.162 e. The molecule has 0 bridgehead atoms. The first-order valence-electron chi connectivity index (χ1n) is 7.93. The molecule has 116 valence electrons.